The molecule has 1 aromatic rings. The predicted molar refractivity (Wildman–Crippen MR) is 101 cm³/mol. The summed E-state index contributed by atoms with van der Waals surface area (Å²) >= 11 is 0. The van der Waals surface area contributed by atoms with Crippen molar-refractivity contribution in [3.8, 4) is 0 Å². The van der Waals surface area contributed by atoms with Crippen LogP contribution in [-0.2, 0) is 6.54 Å². The molecule has 1 fully saturated rings. The number of guanidine groups is 1. The standard InChI is InChI=1S/C19H35N5/c1-4-7-17-8-10-18(11-9-17)23-19(20-3)22-12-5-6-14-24-15-13-21-16(24)2/h13,15,17-18H,4-12,14H2,1-3H3,(H2,20,22,23). The maximum atomic E-state index is 4.38. The zero-order chi connectivity index (χ0) is 17.2. The van der Waals surface area contributed by atoms with Gasteiger partial charge in [-0.05, 0) is 51.4 Å². The lowest BCUT2D eigenvalue weighted by atomic mass is 9.83. The molecular formula is C19H35N5. The van der Waals surface area contributed by atoms with Gasteiger partial charge < -0.3 is 15.2 Å². The molecule has 1 aliphatic carbocycles. The molecule has 1 aliphatic rings. The fourth-order valence-electron chi connectivity index (χ4n) is 3.65. The Morgan fingerprint density at radius 2 is 2.08 bits per heavy atom. The second-order valence-electron chi connectivity index (χ2n) is 7.02. The predicted octanol–water partition coefficient (Wildman–Crippen LogP) is 3.50. The van der Waals surface area contributed by atoms with E-state index in [9.17, 15) is 0 Å². The summed E-state index contributed by atoms with van der Waals surface area (Å²) in [6.45, 7) is 6.36. The molecule has 0 unspecified atom stereocenters. The van der Waals surface area contributed by atoms with Gasteiger partial charge in [-0.2, -0.15) is 0 Å². The number of aryl methyl sites for hydroxylation is 2. The highest BCUT2D eigenvalue weighted by Crippen LogP contribution is 2.27. The van der Waals surface area contributed by atoms with Gasteiger partial charge in [-0.1, -0.05) is 19.8 Å². The van der Waals surface area contributed by atoms with Crippen LogP contribution in [0.1, 0.15) is 64.1 Å². The van der Waals surface area contributed by atoms with E-state index in [0.29, 0.717) is 6.04 Å². The molecule has 0 atom stereocenters. The molecule has 5 nitrogen and oxygen atoms in total. The monoisotopic (exact) mass is 333 g/mol. The van der Waals surface area contributed by atoms with E-state index in [4.69, 9.17) is 0 Å². The van der Waals surface area contributed by atoms with Crippen molar-refractivity contribution in [2.45, 2.75) is 77.8 Å². The zero-order valence-corrected chi connectivity index (χ0v) is 15.7. The van der Waals surface area contributed by atoms with Gasteiger partial charge in [0.05, 0.1) is 0 Å². The summed E-state index contributed by atoms with van der Waals surface area (Å²) in [4.78, 5) is 8.64. The third-order valence-electron chi connectivity index (χ3n) is 5.15. The number of rotatable bonds is 8. The van der Waals surface area contributed by atoms with E-state index in [2.05, 4.69) is 45.2 Å². The molecule has 136 valence electrons. The van der Waals surface area contributed by atoms with E-state index in [-0.39, 0.29) is 0 Å². The van der Waals surface area contributed by atoms with Gasteiger partial charge in [0.1, 0.15) is 5.82 Å². The second kappa shape index (κ2) is 10.4. The van der Waals surface area contributed by atoms with Gasteiger partial charge in [0.15, 0.2) is 5.96 Å². The van der Waals surface area contributed by atoms with E-state index in [1.165, 1.54) is 38.5 Å². The molecule has 0 radical (unpaired) electrons. The highest BCUT2D eigenvalue weighted by atomic mass is 15.2. The minimum atomic E-state index is 0.595. The highest BCUT2D eigenvalue weighted by molar-refractivity contribution is 5.79. The first-order chi connectivity index (χ1) is 11.7. The van der Waals surface area contributed by atoms with Crippen LogP contribution in [0.15, 0.2) is 17.4 Å². The van der Waals surface area contributed by atoms with E-state index >= 15 is 0 Å². The number of hydrogen-bond acceptors (Lipinski definition) is 2. The van der Waals surface area contributed by atoms with Gasteiger partial charge in [-0.3, -0.25) is 4.99 Å². The Kier molecular flexibility index (Phi) is 8.13. The molecule has 0 spiro atoms. The number of aromatic nitrogens is 2. The normalized spacial score (nSPS) is 21.7. The molecular weight excluding hydrogens is 298 g/mol. The molecule has 0 aliphatic heterocycles. The summed E-state index contributed by atoms with van der Waals surface area (Å²) in [7, 11) is 1.87. The van der Waals surface area contributed by atoms with Crippen LogP contribution in [-0.4, -0.2) is 35.1 Å². The summed E-state index contributed by atoms with van der Waals surface area (Å²) in [6, 6.07) is 0.595. The Morgan fingerprint density at radius 3 is 2.71 bits per heavy atom. The Hall–Kier alpha value is -1.52. The fourth-order valence-corrected chi connectivity index (χ4v) is 3.65. The van der Waals surface area contributed by atoms with Gasteiger partial charge in [0, 0.05) is 38.6 Å². The van der Waals surface area contributed by atoms with Gasteiger partial charge in [0.2, 0.25) is 0 Å². The van der Waals surface area contributed by atoms with Crippen molar-refractivity contribution in [3.63, 3.8) is 0 Å². The van der Waals surface area contributed by atoms with Crippen molar-refractivity contribution in [1.29, 1.82) is 0 Å². The van der Waals surface area contributed by atoms with Crippen LogP contribution in [0.25, 0.3) is 0 Å². The molecule has 1 heterocycles. The number of nitrogens with zero attached hydrogens (tertiary/aromatic N) is 3. The summed E-state index contributed by atoms with van der Waals surface area (Å²) < 4.78 is 2.21. The zero-order valence-electron chi connectivity index (χ0n) is 15.7. The van der Waals surface area contributed by atoms with Crippen molar-refractivity contribution in [2.24, 2.45) is 10.9 Å². The Morgan fingerprint density at radius 1 is 1.29 bits per heavy atom. The fraction of sp³-hybridized carbons (Fsp3) is 0.789. The lowest BCUT2D eigenvalue weighted by molar-refractivity contribution is 0.295. The molecule has 5 heteroatoms. The Labute approximate surface area is 147 Å². The molecule has 0 bridgehead atoms. The number of unbranched alkanes of at least 4 members (excludes halogenated alkanes) is 1. The summed E-state index contributed by atoms with van der Waals surface area (Å²) in [5.74, 6) is 3.02. The lowest BCUT2D eigenvalue weighted by Crippen LogP contribution is -2.45. The van der Waals surface area contributed by atoms with Crippen molar-refractivity contribution in [2.75, 3.05) is 13.6 Å². The molecule has 24 heavy (non-hydrogen) atoms. The molecule has 0 amide bonds. The minimum absolute atomic E-state index is 0.595. The first kappa shape index (κ1) is 18.8. The SMILES string of the molecule is CCCC1CCC(NC(=NC)NCCCCn2ccnc2C)CC1. The Balaban J connectivity index is 1.58. The van der Waals surface area contributed by atoms with Crippen LogP contribution in [0.2, 0.25) is 0 Å². The van der Waals surface area contributed by atoms with Gasteiger partial charge in [-0.25, -0.2) is 4.98 Å². The van der Waals surface area contributed by atoms with Crippen molar-refractivity contribution >= 4 is 5.96 Å². The van der Waals surface area contributed by atoms with E-state index in [1.807, 2.05) is 13.2 Å². The van der Waals surface area contributed by atoms with Crippen LogP contribution in [0.3, 0.4) is 0 Å². The van der Waals surface area contributed by atoms with Crippen LogP contribution in [0.5, 0.6) is 0 Å². The topological polar surface area (TPSA) is 54.2 Å². The maximum Gasteiger partial charge on any atom is 0.191 e. The first-order valence-corrected chi connectivity index (χ1v) is 9.67. The van der Waals surface area contributed by atoms with Crippen LogP contribution >= 0.6 is 0 Å². The van der Waals surface area contributed by atoms with Crippen molar-refractivity contribution in [3.05, 3.63) is 18.2 Å². The van der Waals surface area contributed by atoms with E-state index in [1.54, 1.807) is 0 Å². The summed E-state index contributed by atoms with van der Waals surface area (Å²) in [6.07, 6.45) is 14.2. The smallest absolute Gasteiger partial charge is 0.191 e. The van der Waals surface area contributed by atoms with E-state index < -0.39 is 0 Å². The minimum Gasteiger partial charge on any atom is -0.356 e. The second-order valence-corrected chi connectivity index (χ2v) is 7.02. The quantitative estimate of drug-likeness (QED) is 0.435. The van der Waals surface area contributed by atoms with Gasteiger partial charge in [-0.15, -0.1) is 0 Å². The average molecular weight is 334 g/mol. The third-order valence-corrected chi connectivity index (χ3v) is 5.15. The number of aliphatic imine (C=N–C) groups is 1. The number of hydrogen-bond donors (Lipinski definition) is 2. The summed E-state index contributed by atoms with van der Waals surface area (Å²) in [5.41, 5.74) is 0. The summed E-state index contributed by atoms with van der Waals surface area (Å²) in [5, 5.41) is 7.07. The maximum absolute atomic E-state index is 4.38. The number of imidazole rings is 1. The van der Waals surface area contributed by atoms with Crippen LogP contribution in [0.4, 0.5) is 0 Å². The lowest BCUT2D eigenvalue weighted by Gasteiger charge is -2.30. The van der Waals surface area contributed by atoms with Crippen molar-refractivity contribution in [1.82, 2.24) is 20.2 Å². The molecule has 1 aromatic heterocycles. The molecule has 0 saturated heterocycles. The van der Waals surface area contributed by atoms with Gasteiger partial charge >= 0.3 is 0 Å². The molecule has 2 N–H and O–H groups in total. The highest BCUT2D eigenvalue weighted by Gasteiger charge is 2.20. The van der Waals surface area contributed by atoms with Crippen LogP contribution in [0, 0.1) is 12.8 Å². The molecule has 1 saturated carbocycles. The molecule has 0 aromatic carbocycles. The molecule has 2 rings (SSSR count). The average Bonchev–Trinajstić information content (AvgIpc) is 3.00. The van der Waals surface area contributed by atoms with Gasteiger partial charge in [0.25, 0.3) is 0 Å². The van der Waals surface area contributed by atoms with Crippen molar-refractivity contribution < 1.29 is 0 Å². The third kappa shape index (κ3) is 6.17. The van der Waals surface area contributed by atoms with Crippen LogP contribution < -0.4 is 10.6 Å². The van der Waals surface area contributed by atoms with E-state index in [0.717, 1.165) is 43.6 Å². The Bertz CT molecular complexity index is 486. The largest absolute Gasteiger partial charge is 0.356 e. The first-order valence-electron chi connectivity index (χ1n) is 9.67. The number of nitrogens with one attached hydrogen (secondary N) is 2.